The SMILES string of the molecule is CCCNc1ccc(Cl)c(C(=O)N2CCOC(CO)C2)n1. The van der Waals surface area contributed by atoms with Crippen molar-refractivity contribution in [3.05, 3.63) is 22.8 Å². The fraction of sp³-hybridized carbons (Fsp3) is 0.571. The van der Waals surface area contributed by atoms with Gasteiger partial charge in [-0.25, -0.2) is 4.98 Å². The summed E-state index contributed by atoms with van der Waals surface area (Å²) in [6, 6.07) is 3.42. The lowest BCUT2D eigenvalue weighted by Gasteiger charge is -2.32. The van der Waals surface area contributed by atoms with Crippen LogP contribution in [0.3, 0.4) is 0 Å². The molecule has 1 atom stereocenters. The zero-order chi connectivity index (χ0) is 15.2. The molecule has 1 aromatic heterocycles. The number of rotatable bonds is 5. The van der Waals surface area contributed by atoms with Crippen LogP contribution in [0.5, 0.6) is 0 Å². The number of hydrogen-bond donors (Lipinski definition) is 2. The van der Waals surface area contributed by atoms with Crippen LogP contribution in [0.2, 0.25) is 5.02 Å². The van der Waals surface area contributed by atoms with E-state index in [2.05, 4.69) is 17.2 Å². The molecule has 1 aromatic rings. The summed E-state index contributed by atoms with van der Waals surface area (Å²) in [6.07, 6.45) is 0.623. The quantitative estimate of drug-likeness (QED) is 0.859. The molecule has 1 aliphatic heterocycles. The van der Waals surface area contributed by atoms with Gasteiger partial charge >= 0.3 is 0 Å². The molecule has 0 saturated carbocycles. The number of ether oxygens (including phenoxy) is 1. The number of aliphatic hydroxyl groups excluding tert-OH is 1. The first-order valence-corrected chi connectivity index (χ1v) is 7.45. The summed E-state index contributed by atoms with van der Waals surface area (Å²) in [6.45, 7) is 3.95. The first-order valence-electron chi connectivity index (χ1n) is 7.07. The summed E-state index contributed by atoms with van der Waals surface area (Å²) in [7, 11) is 0. The van der Waals surface area contributed by atoms with Crippen molar-refractivity contribution >= 4 is 23.3 Å². The van der Waals surface area contributed by atoms with Gasteiger partial charge in [-0.3, -0.25) is 4.79 Å². The number of hydrogen-bond acceptors (Lipinski definition) is 5. The smallest absolute Gasteiger partial charge is 0.274 e. The number of aliphatic hydroxyl groups is 1. The summed E-state index contributed by atoms with van der Waals surface area (Å²) in [5.74, 6) is 0.401. The molecule has 1 saturated heterocycles. The Bertz CT molecular complexity index is 498. The number of nitrogens with one attached hydrogen (secondary N) is 1. The number of morpholine rings is 1. The average molecular weight is 314 g/mol. The van der Waals surface area contributed by atoms with Gasteiger partial charge in [-0.2, -0.15) is 0 Å². The fourth-order valence-corrected chi connectivity index (χ4v) is 2.29. The van der Waals surface area contributed by atoms with Gasteiger partial charge in [0.2, 0.25) is 0 Å². The maximum absolute atomic E-state index is 12.5. The van der Waals surface area contributed by atoms with Crippen LogP contribution in [0.15, 0.2) is 12.1 Å². The number of nitrogens with zero attached hydrogens (tertiary/aromatic N) is 2. The van der Waals surface area contributed by atoms with Crippen molar-refractivity contribution in [2.24, 2.45) is 0 Å². The Morgan fingerprint density at radius 2 is 2.43 bits per heavy atom. The van der Waals surface area contributed by atoms with E-state index in [1.165, 1.54) is 0 Å². The van der Waals surface area contributed by atoms with E-state index in [1.54, 1.807) is 17.0 Å². The Morgan fingerprint density at radius 3 is 3.14 bits per heavy atom. The summed E-state index contributed by atoms with van der Waals surface area (Å²) < 4.78 is 5.34. The van der Waals surface area contributed by atoms with Crippen LogP contribution in [0.4, 0.5) is 5.82 Å². The van der Waals surface area contributed by atoms with Gasteiger partial charge in [-0.1, -0.05) is 18.5 Å². The van der Waals surface area contributed by atoms with Crippen LogP contribution in [0.1, 0.15) is 23.8 Å². The molecule has 7 heteroatoms. The van der Waals surface area contributed by atoms with Gasteiger partial charge in [0, 0.05) is 19.6 Å². The highest BCUT2D eigenvalue weighted by Crippen LogP contribution is 2.19. The van der Waals surface area contributed by atoms with Gasteiger partial charge < -0.3 is 20.1 Å². The molecule has 0 aliphatic carbocycles. The number of halogens is 1. The first kappa shape index (κ1) is 16.0. The molecule has 1 fully saturated rings. The molecule has 2 N–H and O–H groups in total. The van der Waals surface area contributed by atoms with E-state index in [0.717, 1.165) is 13.0 Å². The van der Waals surface area contributed by atoms with Crippen LogP contribution >= 0.6 is 11.6 Å². The third-order valence-electron chi connectivity index (χ3n) is 3.23. The van der Waals surface area contributed by atoms with E-state index in [0.29, 0.717) is 30.5 Å². The van der Waals surface area contributed by atoms with Crippen LogP contribution in [-0.2, 0) is 4.74 Å². The Balaban J connectivity index is 2.13. The van der Waals surface area contributed by atoms with Crippen molar-refractivity contribution in [2.75, 3.05) is 38.2 Å². The van der Waals surface area contributed by atoms with Crippen molar-refractivity contribution in [3.63, 3.8) is 0 Å². The summed E-state index contributed by atoms with van der Waals surface area (Å²) in [5.41, 5.74) is 0.233. The molecule has 1 aliphatic rings. The number of anilines is 1. The topological polar surface area (TPSA) is 74.7 Å². The maximum atomic E-state index is 12.5. The van der Waals surface area contributed by atoms with Crippen LogP contribution in [0.25, 0.3) is 0 Å². The lowest BCUT2D eigenvalue weighted by Crippen LogP contribution is -2.47. The molecular weight excluding hydrogens is 294 g/mol. The standard InChI is InChI=1S/C14H20ClN3O3/c1-2-5-16-12-4-3-11(15)13(17-12)14(20)18-6-7-21-10(8-18)9-19/h3-4,10,19H,2,5-9H2,1H3,(H,16,17). The van der Waals surface area contributed by atoms with E-state index < -0.39 is 0 Å². The fourth-order valence-electron chi connectivity index (χ4n) is 2.11. The monoisotopic (exact) mass is 313 g/mol. The first-order chi connectivity index (χ1) is 10.2. The molecule has 0 spiro atoms. The highest BCUT2D eigenvalue weighted by Gasteiger charge is 2.26. The molecule has 0 bridgehead atoms. The normalized spacial score (nSPS) is 18.6. The number of amides is 1. The molecule has 0 radical (unpaired) electrons. The predicted octanol–water partition coefficient (Wildman–Crippen LogP) is 1.39. The molecule has 1 amide bonds. The molecule has 2 rings (SSSR count). The Hall–Kier alpha value is -1.37. The number of carbonyl (C=O) groups is 1. The largest absolute Gasteiger partial charge is 0.394 e. The lowest BCUT2D eigenvalue weighted by atomic mass is 10.2. The summed E-state index contributed by atoms with van der Waals surface area (Å²) >= 11 is 6.10. The molecular formula is C14H20ClN3O3. The number of carbonyl (C=O) groups excluding carboxylic acids is 1. The van der Waals surface area contributed by atoms with E-state index >= 15 is 0 Å². The molecule has 116 valence electrons. The van der Waals surface area contributed by atoms with Crippen molar-refractivity contribution in [3.8, 4) is 0 Å². The van der Waals surface area contributed by atoms with E-state index in [4.69, 9.17) is 21.4 Å². The molecule has 6 nitrogen and oxygen atoms in total. The maximum Gasteiger partial charge on any atom is 0.274 e. The van der Waals surface area contributed by atoms with Gasteiger partial charge in [0.15, 0.2) is 0 Å². The Kier molecular flexibility index (Phi) is 5.78. The minimum atomic E-state index is -0.345. The second-order valence-corrected chi connectivity index (χ2v) is 5.29. The highest BCUT2D eigenvalue weighted by atomic mass is 35.5. The Morgan fingerprint density at radius 1 is 1.62 bits per heavy atom. The van der Waals surface area contributed by atoms with Crippen LogP contribution < -0.4 is 5.32 Å². The molecule has 2 heterocycles. The van der Waals surface area contributed by atoms with E-state index in [-0.39, 0.29) is 24.3 Å². The third kappa shape index (κ3) is 4.06. The molecule has 1 unspecified atom stereocenters. The van der Waals surface area contributed by atoms with Gasteiger partial charge in [0.05, 0.1) is 24.3 Å². The predicted molar refractivity (Wildman–Crippen MR) is 80.8 cm³/mol. The molecule has 21 heavy (non-hydrogen) atoms. The minimum Gasteiger partial charge on any atom is -0.394 e. The van der Waals surface area contributed by atoms with Gasteiger partial charge in [-0.15, -0.1) is 0 Å². The minimum absolute atomic E-state index is 0.108. The van der Waals surface area contributed by atoms with Crippen LogP contribution in [-0.4, -0.2) is 59.8 Å². The zero-order valence-electron chi connectivity index (χ0n) is 12.0. The summed E-state index contributed by atoms with van der Waals surface area (Å²) in [4.78, 5) is 18.4. The van der Waals surface area contributed by atoms with Gasteiger partial charge in [-0.05, 0) is 18.6 Å². The number of aromatic nitrogens is 1. The van der Waals surface area contributed by atoms with E-state index in [9.17, 15) is 4.79 Å². The second kappa shape index (κ2) is 7.59. The van der Waals surface area contributed by atoms with Crippen molar-refractivity contribution in [1.82, 2.24) is 9.88 Å². The van der Waals surface area contributed by atoms with Crippen molar-refractivity contribution in [2.45, 2.75) is 19.4 Å². The third-order valence-corrected chi connectivity index (χ3v) is 3.54. The highest BCUT2D eigenvalue weighted by molar-refractivity contribution is 6.33. The van der Waals surface area contributed by atoms with E-state index in [1.807, 2.05) is 0 Å². The number of pyridine rings is 1. The summed E-state index contributed by atoms with van der Waals surface area (Å²) in [5, 5.41) is 12.6. The lowest BCUT2D eigenvalue weighted by molar-refractivity contribution is -0.0448. The van der Waals surface area contributed by atoms with Crippen molar-refractivity contribution < 1.29 is 14.6 Å². The van der Waals surface area contributed by atoms with Gasteiger partial charge in [0.25, 0.3) is 5.91 Å². The van der Waals surface area contributed by atoms with Crippen molar-refractivity contribution in [1.29, 1.82) is 0 Å². The van der Waals surface area contributed by atoms with Crippen LogP contribution in [0, 0.1) is 0 Å². The zero-order valence-corrected chi connectivity index (χ0v) is 12.8. The Labute approximate surface area is 129 Å². The average Bonchev–Trinajstić information content (AvgIpc) is 2.53. The second-order valence-electron chi connectivity index (χ2n) is 4.88. The van der Waals surface area contributed by atoms with Gasteiger partial charge in [0.1, 0.15) is 11.5 Å². The molecule has 0 aromatic carbocycles.